The van der Waals surface area contributed by atoms with E-state index >= 15 is 0 Å². The minimum atomic E-state index is 0. The van der Waals surface area contributed by atoms with E-state index in [-0.39, 0.29) is 24.0 Å². The van der Waals surface area contributed by atoms with Gasteiger partial charge in [-0.3, -0.25) is 4.99 Å². The lowest BCUT2D eigenvalue weighted by molar-refractivity contribution is 0.190. The molecule has 0 aromatic carbocycles. The fourth-order valence-electron chi connectivity index (χ4n) is 4.32. The summed E-state index contributed by atoms with van der Waals surface area (Å²) in [7, 11) is 4.18. The minimum absolute atomic E-state index is 0. The van der Waals surface area contributed by atoms with Crippen LogP contribution in [0.2, 0.25) is 0 Å². The van der Waals surface area contributed by atoms with Crippen LogP contribution in [0, 0.1) is 0 Å². The summed E-state index contributed by atoms with van der Waals surface area (Å²) in [6.07, 6.45) is 10.5. The minimum Gasteiger partial charge on any atom is -0.363 e. The van der Waals surface area contributed by atoms with E-state index < -0.39 is 0 Å². The van der Waals surface area contributed by atoms with Gasteiger partial charge in [0.1, 0.15) is 0 Å². The van der Waals surface area contributed by atoms with Gasteiger partial charge in [0.25, 0.3) is 0 Å². The highest BCUT2D eigenvalue weighted by atomic mass is 127. The Labute approximate surface area is 192 Å². The van der Waals surface area contributed by atoms with Gasteiger partial charge in [0.05, 0.1) is 5.00 Å². The van der Waals surface area contributed by atoms with E-state index in [9.17, 15) is 0 Å². The molecule has 1 aliphatic carbocycles. The number of halogens is 1. The molecule has 0 spiro atoms. The van der Waals surface area contributed by atoms with E-state index in [2.05, 4.69) is 50.0 Å². The Morgan fingerprint density at radius 3 is 2.61 bits per heavy atom. The van der Waals surface area contributed by atoms with Crippen LogP contribution in [-0.4, -0.2) is 63.2 Å². The highest BCUT2D eigenvalue weighted by molar-refractivity contribution is 14.0. The molecule has 0 amide bonds. The van der Waals surface area contributed by atoms with E-state index in [1.807, 2.05) is 18.4 Å². The van der Waals surface area contributed by atoms with Gasteiger partial charge in [-0.1, -0.05) is 19.3 Å². The van der Waals surface area contributed by atoms with E-state index in [4.69, 9.17) is 0 Å². The molecule has 160 valence electrons. The van der Waals surface area contributed by atoms with Gasteiger partial charge in [-0.05, 0) is 63.2 Å². The van der Waals surface area contributed by atoms with Crippen molar-refractivity contribution in [3.63, 3.8) is 0 Å². The van der Waals surface area contributed by atoms with Crippen LogP contribution in [0.15, 0.2) is 22.5 Å². The van der Waals surface area contributed by atoms with Crippen molar-refractivity contribution >= 4 is 46.3 Å². The van der Waals surface area contributed by atoms with Crippen molar-refractivity contribution in [1.29, 1.82) is 0 Å². The monoisotopic (exact) mass is 519 g/mol. The van der Waals surface area contributed by atoms with Gasteiger partial charge in [0.15, 0.2) is 5.96 Å². The number of nitrogens with one attached hydrogen (secondary N) is 2. The molecule has 0 atom stereocenters. The lowest BCUT2D eigenvalue weighted by atomic mass is 9.94. The first-order chi connectivity index (χ1) is 13.3. The molecule has 1 aliphatic heterocycles. The highest BCUT2D eigenvalue weighted by Crippen LogP contribution is 2.25. The predicted octanol–water partition coefficient (Wildman–Crippen LogP) is 4.15. The molecular formula is C21H38IN5S. The standard InChI is InChI=1S/C21H37N5S.HI/c1-22-21(23-13-7-14-25(2)19-8-4-3-5-9-19)24-18-11-15-26(16-12-18)20-10-6-17-27-20;/h6,10,17-19H,3-5,7-9,11-16H2,1-2H3,(H2,22,23,24);1H. The molecule has 1 saturated heterocycles. The Kier molecular flexibility index (Phi) is 10.9. The zero-order valence-electron chi connectivity index (χ0n) is 17.5. The summed E-state index contributed by atoms with van der Waals surface area (Å²) in [6.45, 7) is 4.42. The zero-order valence-corrected chi connectivity index (χ0v) is 20.7. The SMILES string of the molecule is CN=C(NCCCN(C)C1CCCCC1)NC1CCN(c2cccs2)CC1.I. The molecule has 1 saturated carbocycles. The maximum atomic E-state index is 4.43. The van der Waals surface area contributed by atoms with Crippen molar-refractivity contribution in [3.05, 3.63) is 17.5 Å². The van der Waals surface area contributed by atoms with Crippen molar-refractivity contribution in [1.82, 2.24) is 15.5 Å². The summed E-state index contributed by atoms with van der Waals surface area (Å²) in [5.74, 6) is 0.963. The molecule has 1 aromatic heterocycles. The van der Waals surface area contributed by atoms with Crippen molar-refractivity contribution in [2.45, 2.75) is 63.5 Å². The molecule has 2 aliphatic rings. The number of aliphatic imine (C=N–C) groups is 1. The van der Waals surface area contributed by atoms with Crippen LogP contribution in [0.5, 0.6) is 0 Å². The topological polar surface area (TPSA) is 42.9 Å². The Morgan fingerprint density at radius 1 is 1.21 bits per heavy atom. The molecule has 0 bridgehead atoms. The van der Waals surface area contributed by atoms with Crippen LogP contribution < -0.4 is 15.5 Å². The summed E-state index contributed by atoms with van der Waals surface area (Å²) in [6, 6.07) is 5.70. The van der Waals surface area contributed by atoms with Gasteiger partial charge >= 0.3 is 0 Å². The van der Waals surface area contributed by atoms with Gasteiger partial charge in [-0.25, -0.2) is 0 Å². The number of thiophene rings is 1. The largest absolute Gasteiger partial charge is 0.363 e. The summed E-state index contributed by atoms with van der Waals surface area (Å²) < 4.78 is 0. The molecule has 2 fully saturated rings. The van der Waals surface area contributed by atoms with Crippen LogP contribution in [0.1, 0.15) is 51.4 Å². The second-order valence-corrected chi connectivity index (χ2v) is 8.91. The van der Waals surface area contributed by atoms with E-state index in [1.54, 1.807) is 0 Å². The van der Waals surface area contributed by atoms with Crippen molar-refractivity contribution < 1.29 is 0 Å². The maximum Gasteiger partial charge on any atom is 0.191 e. The fourth-order valence-corrected chi connectivity index (χ4v) is 5.11. The number of anilines is 1. The van der Waals surface area contributed by atoms with Crippen LogP contribution in [-0.2, 0) is 0 Å². The quantitative estimate of drug-likeness (QED) is 0.246. The Balaban J connectivity index is 0.00000280. The van der Waals surface area contributed by atoms with Crippen LogP contribution >= 0.6 is 35.3 Å². The molecule has 3 rings (SSSR count). The number of guanidine groups is 1. The van der Waals surface area contributed by atoms with Crippen LogP contribution in [0.25, 0.3) is 0 Å². The lowest BCUT2D eigenvalue weighted by Gasteiger charge is -2.33. The van der Waals surface area contributed by atoms with E-state index in [0.717, 1.165) is 31.6 Å². The predicted molar refractivity (Wildman–Crippen MR) is 134 cm³/mol. The van der Waals surface area contributed by atoms with Gasteiger partial charge < -0.3 is 20.4 Å². The molecule has 28 heavy (non-hydrogen) atoms. The summed E-state index contributed by atoms with van der Waals surface area (Å²) >= 11 is 1.84. The fraction of sp³-hybridized carbons (Fsp3) is 0.762. The summed E-state index contributed by atoms with van der Waals surface area (Å²) in [5.41, 5.74) is 0. The van der Waals surface area contributed by atoms with Crippen molar-refractivity contribution in [3.8, 4) is 0 Å². The molecule has 5 nitrogen and oxygen atoms in total. The van der Waals surface area contributed by atoms with Gasteiger partial charge in [-0.15, -0.1) is 35.3 Å². The Bertz CT molecular complexity index is 551. The van der Waals surface area contributed by atoms with E-state index in [0.29, 0.717) is 6.04 Å². The van der Waals surface area contributed by atoms with Crippen LogP contribution in [0.4, 0.5) is 5.00 Å². The number of piperidine rings is 1. The number of nitrogens with zero attached hydrogens (tertiary/aromatic N) is 3. The van der Waals surface area contributed by atoms with E-state index in [1.165, 1.54) is 62.9 Å². The second kappa shape index (κ2) is 12.9. The average Bonchev–Trinajstić information content (AvgIpc) is 3.26. The maximum absolute atomic E-state index is 4.43. The third-order valence-corrected chi connectivity index (χ3v) is 6.98. The Morgan fingerprint density at radius 2 is 1.96 bits per heavy atom. The lowest BCUT2D eigenvalue weighted by Crippen LogP contribution is -2.49. The smallest absolute Gasteiger partial charge is 0.191 e. The molecule has 7 heteroatoms. The zero-order chi connectivity index (χ0) is 18.9. The third kappa shape index (κ3) is 7.37. The normalized spacial score (nSPS) is 19.5. The first kappa shape index (κ1) is 23.7. The molecule has 2 heterocycles. The van der Waals surface area contributed by atoms with Crippen molar-refractivity contribution in [2.24, 2.45) is 4.99 Å². The molecular weight excluding hydrogens is 481 g/mol. The third-order valence-electron chi connectivity index (χ3n) is 6.06. The number of hydrogen-bond acceptors (Lipinski definition) is 4. The molecule has 1 aromatic rings. The molecule has 0 radical (unpaired) electrons. The highest BCUT2D eigenvalue weighted by Gasteiger charge is 2.21. The summed E-state index contributed by atoms with van der Waals surface area (Å²) in [5, 5.41) is 10.7. The van der Waals surface area contributed by atoms with Crippen LogP contribution in [0.3, 0.4) is 0 Å². The number of rotatable bonds is 7. The Hall–Kier alpha value is -0.540. The first-order valence-electron chi connectivity index (χ1n) is 10.7. The summed E-state index contributed by atoms with van der Waals surface area (Å²) in [4.78, 5) is 9.49. The van der Waals surface area contributed by atoms with Gasteiger partial charge in [0, 0.05) is 38.8 Å². The number of hydrogen-bond donors (Lipinski definition) is 2. The second-order valence-electron chi connectivity index (χ2n) is 7.98. The van der Waals surface area contributed by atoms with Gasteiger partial charge in [-0.2, -0.15) is 0 Å². The van der Waals surface area contributed by atoms with Gasteiger partial charge in [0.2, 0.25) is 0 Å². The molecule has 2 N–H and O–H groups in total. The van der Waals surface area contributed by atoms with Crippen molar-refractivity contribution in [2.75, 3.05) is 45.2 Å². The average molecular weight is 520 g/mol. The molecule has 0 unspecified atom stereocenters. The first-order valence-corrected chi connectivity index (χ1v) is 11.6.